The SMILES string of the molecule is CSC(CO)C(C)NCC(O)CN1CCCC1. The lowest BCUT2D eigenvalue weighted by atomic mass is 10.2. The van der Waals surface area contributed by atoms with Gasteiger partial charge in [0.05, 0.1) is 12.7 Å². The molecule has 0 aromatic heterocycles. The molecule has 1 aliphatic heterocycles. The Morgan fingerprint density at radius 1 is 1.35 bits per heavy atom. The number of likely N-dealkylation sites (tertiary alicyclic amines) is 1. The van der Waals surface area contributed by atoms with Crippen molar-refractivity contribution in [2.45, 2.75) is 37.2 Å². The molecule has 3 unspecified atom stereocenters. The van der Waals surface area contributed by atoms with Crippen LogP contribution in [0.5, 0.6) is 0 Å². The van der Waals surface area contributed by atoms with E-state index in [1.54, 1.807) is 11.8 Å². The van der Waals surface area contributed by atoms with Crippen LogP contribution in [0.1, 0.15) is 19.8 Å². The molecule has 5 heteroatoms. The molecule has 0 amide bonds. The van der Waals surface area contributed by atoms with Crippen LogP contribution in [0.25, 0.3) is 0 Å². The second-order valence-electron chi connectivity index (χ2n) is 4.82. The summed E-state index contributed by atoms with van der Waals surface area (Å²) < 4.78 is 0. The highest BCUT2D eigenvalue weighted by Gasteiger charge is 2.18. The third-order valence-corrected chi connectivity index (χ3v) is 4.55. The quantitative estimate of drug-likeness (QED) is 0.581. The third kappa shape index (κ3) is 5.57. The maximum atomic E-state index is 9.91. The van der Waals surface area contributed by atoms with Gasteiger partial charge in [-0.25, -0.2) is 0 Å². The van der Waals surface area contributed by atoms with Gasteiger partial charge in [-0.3, -0.25) is 0 Å². The number of hydrogen-bond donors (Lipinski definition) is 3. The first-order valence-corrected chi connectivity index (χ1v) is 7.73. The summed E-state index contributed by atoms with van der Waals surface area (Å²) in [6.07, 6.45) is 4.21. The molecule has 0 saturated carbocycles. The van der Waals surface area contributed by atoms with Gasteiger partial charge < -0.3 is 20.4 Å². The van der Waals surface area contributed by atoms with E-state index in [0.717, 1.165) is 19.6 Å². The molecule has 0 aliphatic carbocycles. The molecule has 17 heavy (non-hydrogen) atoms. The van der Waals surface area contributed by atoms with Crippen molar-refractivity contribution in [1.29, 1.82) is 0 Å². The highest BCUT2D eigenvalue weighted by Crippen LogP contribution is 2.11. The standard InChI is InChI=1S/C12H26N2O2S/c1-10(12(9-15)17-2)13-7-11(16)8-14-5-3-4-6-14/h10-13,15-16H,3-9H2,1-2H3. The van der Waals surface area contributed by atoms with Gasteiger partial charge in [0, 0.05) is 24.4 Å². The molecule has 1 saturated heterocycles. The van der Waals surface area contributed by atoms with Crippen molar-refractivity contribution in [2.24, 2.45) is 0 Å². The average molecular weight is 262 g/mol. The van der Waals surface area contributed by atoms with Crippen molar-refractivity contribution >= 4 is 11.8 Å². The van der Waals surface area contributed by atoms with Gasteiger partial charge in [-0.1, -0.05) is 0 Å². The minimum atomic E-state index is -0.309. The summed E-state index contributed by atoms with van der Waals surface area (Å²) in [5.41, 5.74) is 0. The van der Waals surface area contributed by atoms with E-state index >= 15 is 0 Å². The maximum absolute atomic E-state index is 9.91. The molecule has 0 radical (unpaired) electrons. The first-order chi connectivity index (χ1) is 8.17. The molecule has 102 valence electrons. The zero-order valence-corrected chi connectivity index (χ0v) is 11.7. The van der Waals surface area contributed by atoms with Crippen LogP contribution in [0.2, 0.25) is 0 Å². The van der Waals surface area contributed by atoms with Gasteiger partial charge in [0.1, 0.15) is 0 Å². The van der Waals surface area contributed by atoms with Crippen LogP contribution < -0.4 is 5.32 Å². The molecule has 0 aromatic carbocycles. The fourth-order valence-corrected chi connectivity index (χ4v) is 2.87. The second kappa shape index (κ2) is 8.32. The molecular weight excluding hydrogens is 236 g/mol. The van der Waals surface area contributed by atoms with E-state index in [2.05, 4.69) is 17.1 Å². The summed E-state index contributed by atoms with van der Waals surface area (Å²) in [6, 6.07) is 0.225. The van der Waals surface area contributed by atoms with Crippen LogP contribution in [0.15, 0.2) is 0 Å². The maximum Gasteiger partial charge on any atom is 0.0791 e. The Morgan fingerprint density at radius 3 is 2.53 bits per heavy atom. The van der Waals surface area contributed by atoms with Crippen LogP contribution in [0.3, 0.4) is 0 Å². The molecule has 1 heterocycles. The zero-order valence-electron chi connectivity index (χ0n) is 10.9. The van der Waals surface area contributed by atoms with E-state index in [-0.39, 0.29) is 24.0 Å². The van der Waals surface area contributed by atoms with Crippen LogP contribution in [0, 0.1) is 0 Å². The Labute approximate surface area is 109 Å². The molecule has 0 bridgehead atoms. The minimum Gasteiger partial charge on any atom is -0.395 e. The lowest BCUT2D eigenvalue weighted by Crippen LogP contribution is -2.44. The third-order valence-electron chi connectivity index (χ3n) is 3.38. The predicted molar refractivity (Wildman–Crippen MR) is 73.5 cm³/mol. The lowest BCUT2D eigenvalue weighted by Gasteiger charge is -2.24. The van der Waals surface area contributed by atoms with E-state index in [9.17, 15) is 5.11 Å². The van der Waals surface area contributed by atoms with Crippen molar-refractivity contribution in [1.82, 2.24) is 10.2 Å². The van der Waals surface area contributed by atoms with Gasteiger partial charge in [0.15, 0.2) is 0 Å². The Balaban J connectivity index is 2.15. The average Bonchev–Trinajstić information content (AvgIpc) is 2.81. The van der Waals surface area contributed by atoms with E-state index < -0.39 is 0 Å². The highest BCUT2D eigenvalue weighted by atomic mass is 32.2. The summed E-state index contributed by atoms with van der Waals surface area (Å²) in [7, 11) is 0. The van der Waals surface area contributed by atoms with E-state index in [1.165, 1.54) is 12.8 Å². The number of nitrogens with zero attached hydrogens (tertiary/aromatic N) is 1. The fraction of sp³-hybridized carbons (Fsp3) is 1.00. The van der Waals surface area contributed by atoms with Gasteiger partial charge >= 0.3 is 0 Å². The van der Waals surface area contributed by atoms with Crippen LogP contribution >= 0.6 is 11.8 Å². The normalized spacial score (nSPS) is 22.6. The van der Waals surface area contributed by atoms with Gasteiger partial charge in [0.2, 0.25) is 0 Å². The number of nitrogens with one attached hydrogen (secondary N) is 1. The Morgan fingerprint density at radius 2 is 2.00 bits per heavy atom. The molecule has 0 spiro atoms. The fourth-order valence-electron chi connectivity index (χ4n) is 2.22. The number of thioether (sulfide) groups is 1. The van der Waals surface area contributed by atoms with Crippen molar-refractivity contribution in [3.05, 3.63) is 0 Å². The van der Waals surface area contributed by atoms with E-state index in [0.29, 0.717) is 6.54 Å². The first kappa shape index (κ1) is 15.2. The lowest BCUT2D eigenvalue weighted by molar-refractivity contribution is 0.120. The van der Waals surface area contributed by atoms with Crippen molar-refractivity contribution in [3.8, 4) is 0 Å². The zero-order chi connectivity index (χ0) is 12.7. The Bertz CT molecular complexity index is 197. The molecule has 4 nitrogen and oxygen atoms in total. The van der Waals surface area contributed by atoms with Crippen LogP contribution in [-0.4, -0.2) is 71.6 Å². The number of aliphatic hydroxyl groups excluding tert-OH is 2. The van der Waals surface area contributed by atoms with Crippen molar-refractivity contribution in [3.63, 3.8) is 0 Å². The molecule has 1 rings (SSSR count). The highest BCUT2D eigenvalue weighted by molar-refractivity contribution is 7.99. The molecule has 3 atom stereocenters. The van der Waals surface area contributed by atoms with Crippen LogP contribution in [-0.2, 0) is 0 Å². The largest absolute Gasteiger partial charge is 0.395 e. The van der Waals surface area contributed by atoms with E-state index in [4.69, 9.17) is 5.11 Å². The van der Waals surface area contributed by atoms with Crippen LogP contribution in [0.4, 0.5) is 0 Å². The summed E-state index contributed by atoms with van der Waals surface area (Å²) in [5, 5.41) is 22.6. The molecule has 1 aliphatic rings. The van der Waals surface area contributed by atoms with Gasteiger partial charge in [-0.2, -0.15) is 11.8 Å². The monoisotopic (exact) mass is 262 g/mol. The predicted octanol–water partition coefficient (Wildman–Crippen LogP) is 0.145. The van der Waals surface area contributed by atoms with E-state index in [1.807, 2.05) is 6.26 Å². The van der Waals surface area contributed by atoms with Crippen molar-refractivity contribution in [2.75, 3.05) is 39.0 Å². The Hall–Kier alpha value is 0.190. The number of rotatable bonds is 8. The summed E-state index contributed by atoms with van der Waals surface area (Å²) in [6.45, 7) is 5.85. The summed E-state index contributed by atoms with van der Waals surface area (Å²) in [4.78, 5) is 2.31. The summed E-state index contributed by atoms with van der Waals surface area (Å²) >= 11 is 1.66. The smallest absolute Gasteiger partial charge is 0.0791 e. The number of β-amino-alcohol motifs (C(OH)–C–C–N with tert-alkyl or cyclic N) is 1. The Kier molecular flexibility index (Phi) is 7.46. The second-order valence-corrected chi connectivity index (χ2v) is 5.89. The molecule has 1 fully saturated rings. The van der Waals surface area contributed by atoms with Gasteiger partial charge in [-0.05, 0) is 39.1 Å². The topological polar surface area (TPSA) is 55.7 Å². The molecule has 0 aromatic rings. The number of hydrogen-bond acceptors (Lipinski definition) is 5. The first-order valence-electron chi connectivity index (χ1n) is 6.44. The van der Waals surface area contributed by atoms with Gasteiger partial charge in [-0.15, -0.1) is 0 Å². The number of aliphatic hydroxyl groups is 2. The van der Waals surface area contributed by atoms with Crippen molar-refractivity contribution < 1.29 is 10.2 Å². The molecule has 3 N–H and O–H groups in total. The molecular formula is C12H26N2O2S. The minimum absolute atomic E-state index is 0.178. The summed E-state index contributed by atoms with van der Waals surface area (Å²) in [5.74, 6) is 0. The van der Waals surface area contributed by atoms with Gasteiger partial charge in [0.25, 0.3) is 0 Å².